The van der Waals surface area contributed by atoms with Crippen molar-refractivity contribution in [3.05, 3.63) is 30.3 Å². The Labute approximate surface area is 124 Å². The van der Waals surface area contributed by atoms with Crippen molar-refractivity contribution in [1.29, 1.82) is 0 Å². The van der Waals surface area contributed by atoms with Crippen LogP contribution >= 0.6 is 0 Å². The van der Waals surface area contributed by atoms with E-state index in [9.17, 15) is 13.2 Å². The number of benzene rings is 1. The minimum atomic E-state index is -3.93. The average Bonchev–Trinajstić information content (AvgIpc) is 2.77. The van der Waals surface area contributed by atoms with E-state index in [1.165, 1.54) is 12.1 Å². The van der Waals surface area contributed by atoms with Crippen molar-refractivity contribution in [2.24, 2.45) is 0 Å². The molecule has 1 amide bonds. The third-order valence-corrected chi connectivity index (χ3v) is 5.00. The Bertz CT molecular complexity index is 587. The summed E-state index contributed by atoms with van der Waals surface area (Å²) in [5.74, 6) is -0.570. The summed E-state index contributed by atoms with van der Waals surface area (Å²) in [5.41, 5.74) is 0. The summed E-state index contributed by atoms with van der Waals surface area (Å²) >= 11 is 0. The zero-order valence-electron chi connectivity index (χ0n) is 12.1. The largest absolute Gasteiger partial charge is 0.368 e. The monoisotopic (exact) mass is 313 g/mol. The van der Waals surface area contributed by atoms with E-state index in [0.717, 1.165) is 4.31 Å². The van der Waals surface area contributed by atoms with Crippen LogP contribution < -0.4 is 0 Å². The first-order valence-corrected chi connectivity index (χ1v) is 8.32. The van der Waals surface area contributed by atoms with E-state index in [2.05, 4.69) is 0 Å². The van der Waals surface area contributed by atoms with Gasteiger partial charge in [0.15, 0.2) is 6.23 Å². The van der Waals surface area contributed by atoms with Crippen molar-refractivity contribution >= 4 is 15.9 Å². The van der Waals surface area contributed by atoms with E-state index in [1.54, 1.807) is 32.0 Å². The van der Waals surface area contributed by atoms with Crippen molar-refractivity contribution < 1.29 is 22.7 Å². The highest BCUT2D eigenvalue weighted by molar-refractivity contribution is 7.89. The molecular formula is C14H19NO5S. The molecule has 1 fully saturated rings. The van der Waals surface area contributed by atoms with E-state index in [4.69, 9.17) is 9.47 Å². The number of amides is 1. The molecular weight excluding hydrogens is 294 g/mol. The molecule has 0 saturated carbocycles. The molecule has 7 heteroatoms. The van der Waals surface area contributed by atoms with E-state index in [0.29, 0.717) is 13.2 Å². The SMILES string of the molecule is CCO[C@@H]1C[C@@H](OCC)N(S(=O)(=O)c2ccccc2)C1=O. The van der Waals surface area contributed by atoms with Gasteiger partial charge in [-0.1, -0.05) is 18.2 Å². The molecule has 0 bridgehead atoms. The molecule has 2 atom stereocenters. The molecule has 0 N–H and O–H groups in total. The number of hydrogen-bond acceptors (Lipinski definition) is 5. The van der Waals surface area contributed by atoms with E-state index < -0.39 is 28.3 Å². The summed E-state index contributed by atoms with van der Waals surface area (Å²) in [7, 11) is -3.93. The lowest BCUT2D eigenvalue weighted by molar-refractivity contribution is -0.135. The van der Waals surface area contributed by atoms with Gasteiger partial charge in [0.25, 0.3) is 15.9 Å². The number of carbonyl (C=O) groups is 1. The Kier molecular flexibility index (Phi) is 4.97. The van der Waals surface area contributed by atoms with Crippen LogP contribution in [0.3, 0.4) is 0 Å². The predicted octanol–water partition coefficient (Wildman–Crippen LogP) is 1.38. The molecule has 0 unspecified atom stereocenters. The van der Waals surface area contributed by atoms with Gasteiger partial charge in [-0.25, -0.2) is 12.7 Å². The first-order valence-electron chi connectivity index (χ1n) is 6.88. The van der Waals surface area contributed by atoms with Gasteiger partial charge in [-0.15, -0.1) is 0 Å². The van der Waals surface area contributed by atoms with Gasteiger partial charge in [0.05, 0.1) is 4.90 Å². The summed E-state index contributed by atoms with van der Waals surface area (Å²) in [6.45, 7) is 4.18. The lowest BCUT2D eigenvalue weighted by atomic mass is 10.3. The smallest absolute Gasteiger partial charge is 0.268 e. The van der Waals surface area contributed by atoms with Gasteiger partial charge in [-0.3, -0.25) is 4.79 Å². The van der Waals surface area contributed by atoms with Crippen LogP contribution in [-0.4, -0.2) is 44.2 Å². The Balaban J connectivity index is 2.36. The van der Waals surface area contributed by atoms with E-state index in [-0.39, 0.29) is 11.3 Å². The molecule has 1 aromatic carbocycles. The molecule has 1 heterocycles. The van der Waals surface area contributed by atoms with Gasteiger partial charge in [0.1, 0.15) is 6.10 Å². The molecule has 21 heavy (non-hydrogen) atoms. The van der Waals surface area contributed by atoms with Crippen molar-refractivity contribution in [3.8, 4) is 0 Å². The molecule has 1 aliphatic heterocycles. The Morgan fingerprint density at radius 3 is 2.33 bits per heavy atom. The number of rotatable bonds is 6. The molecule has 0 aromatic heterocycles. The number of nitrogens with zero attached hydrogens (tertiary/aromatic N) is 1. The predicted molar refractivity (Wildman–Crippen MR) is 75.9 cm³/mol. The molecule has 0 radical (unpaired) electrons. The highest BCUT2D eigenvalue weighted by atomic mass is 32.2. The molecule has 1 aromatic rings. The van der Waals surface area contributed by atoms with Crippen LogP contribution in [0.5, 0.6) is 0 Å². The second-order valence-corrected chi connectivity index (χ2v) is 6.36. The maximum absolute atomic E-state index is 12.6. The quantitative estimate of drug-likeness (QED) is 0.793. The molecule has 0 aliphatic carbocycles. The van der Waals surface area contributed by atoms with Crippen molar-refractivity contribution in [2.75, 3.05) is 13.2 Å². The van der Waals surface area contributed by atoms with Crippen LogP contribution in [0.25, 0.3) is 0 Å². The number of hydrogen-bond donors (Lipinski definition) is 0. The van der Waals surface area contributed by atoms with Crippen LogP contribution in [0.15, 0.2) is 35.2 Å². The highest BCUT2D eigenvalue weighted by Gasteiger charge is 2.47. The first-order chi connectivity index (χ1) is 10.0. The Morgan fingerprint density at radius 2 is 1.76 bits per heavy atom. The zero-order valence-corrected chi connectivity index (χ0v) is 12.9. The van der Waals surface area contributed by atoms with Gasteiger partial charge in [-0.2, -0.15) is 0 Å². The van der Waals surface area contributed by atoms with Gasteiger partial charge >= 0.3 is 0 Å². The van der Waals surface area contributed by atoms with Crippen LogP contribution in [-0.2, 0) is 24.3 Å². The number of carbonyl (C=O) groups excluding carboxylic acids is 1. The van der Waals surface area contributed by atoms with Crippen molar-refractivity contribution in [2.45, 2.75) is 37.5 Å². The van der Waals surface area contributed by atoms with E-state index >= 15 is 0 Å². The second kappa shape index (κ2) is 6.55. The fourth-order valence-corrected chi connectivity index (χ4v) is 3.85. The lowest BCUT2D eigenvalue weighted by Crippen LogP contribution is -2.41. The topological polar surface area (TPSA) is 72.9 Å². The summed E-state index contributed by atoms with van der Waals surface area (Å²) in [4.78, 5) is 12.4. The maximum atomic E-state index is 12.6. The maximum Gasteiger partial charge on any atom is 0.268 e. The van der Waals surface area contributed by atoms with Crippen LogP contribution in [0.4, 0.5) is 0 Å². The number of sulfonamides is 1. The standard InChI is InChI=1S/C14H19NO5S/c1-3-19-12-10-13(20-4-2)15(14(12)16)21(17,18)11-8-6-5-7-9-11/h5-9,12-13H,3-4,10H2,1-2H3/t12-,13-/m1/s1. The minimum Gasteiger partial charge on any atom is -0.368 e. The normalized spacial score (nSPS) is 22.8. The summed E-state index contributed by atoms with van der Waals surface area (Å²) < 4.78 is 36.8. The third kappa shape index (κ3) is 3.09. The van der Waals surface area contributed by atoms with Crippen LogP contribution in [0.2, 0.25) is 0 Å². The summed E-state index contributed by atoms with van der Waals surface area (Å²) in [6, 6.07) is 7.86. The first kappa shape index (κ1) is 15.9. The number of ether oxygens (including phenoxy) is 2. The van der Waals surface area contributed by atoms with Crippen LogP contribution in [0, 0.1) is 0 Å². The lowest BCUT2D eigenvalue weighted by Gasteiger charge is -2.23. The van der Waals surface area contributed by atoms with Gasteiger partial charge in [0.2, 0.25) is 0 Å². The fourth-order valence-electron chi connectivity index (χ4n) is 2.31. The van der Waals surface area contributed by atoms with Crippen molar-refractivity contribution in [3.63, 3.8) is 0 Å². The molecule has 1 saturated heterocycles. The van der Waals surface area contributed by atoms with Gasteiger partial charge in [0, 0.05) is 19.6 Å². The van der Waals surface area contributed by atoms with E-state index in [1.807, 2.05) is 0 Å². The van der Waals surface area contributed by atoms with Gasteiger partial charge in [-0.05, 0) is 26.0 Å². The average molecular weight is 313 g/mol. The Morgan fingerprint density at radius 1 is 1.14 bits per heavy atom. The molecule has 116 valence electrons. The summed E-state index contributed by atoms with van der Waals surface area (Å²) in [6.07, 6.45) is -1.37. The Hall–Kier alpha value is -1.44. The molecule has 2 rings (SSSR count). The molecule has 0 spiro atoms. The minimum absolute atomic E-state index is 0.0696. The molecule has 1 aliphatic rings. The van der Waals surface area contributed by atoms with Crippen LogP contribution in [0.1, 0.15) is 20.3 Å². The summed E-state index contributed by atoms with van der Waals surface area (Å²) in [5, 5.41) is 0. The zero-order chi connectivity index (χ0) is 15.5. The third-order valence-electron chi connectivity index (χ3n) is 3.20. The second-order valence-electron chi connectivity index (χ2n) is 4.54. The fraction of sp³-hybridized carbons (Fsp3) is 0.500. The molecule has 6 nitrogen and oxygen atoms in total. The highest BCUT2D eigenvalue weighted by Crippen LogP contribution is 2.29. The van der Waals surface area contributed by atoms with Gasteiger partial charge < -0.3 is 9.47 Å². The van der Waals surface area contributed by atoms with Crippen molar-refractivity contribution in [1.82, 2.24) is 4.31 Å².